The van der Waals surface area contributed by atoms with Gasteiger partial charge in [0, 0.05) is 25.0 Å². The summed E-state index contributed by atoms with van der Waals surface area (Å²) in [5.74, 6) is -0.284. The molecule has 3 heterocycles. The highest BCUT2D eigenvalue weighted by Gasteiger charge is 2.27. The second-order valence-corrected chi connectivity index (χ2v) is 10.4. The third-order valence-corrected chi connectivity index (χ3v) is 6.45. The zero-order valence-corrected chi connectivity index (χ0v) is 20.7. The minimum atomic E-state index is -3.66. The smallest absolute Gasteiger partial charge is 0.271 e. The van der Waals surface area contributed by atoms with Gasteiger partial charge in [0.05, 0.1) is 16.9 Å². The number of hydrogen-bond donors (Lipinski definition) is 3. The van der Waals surface area contributed by atoms with Gasteiger partial charge in [0.2, 0.25) is 0 Å². The van der Waals surface area contributed by atoms with Crippen LogP contribution >= 0.6 is 0 Å². The molecule has 1 aliphatic rings. The Morgan fingerprint density at radius 2 is 1.97 bits per heavy atom. The Hall–Kier alpha value is -4.26. The number of sulfonamides is 1. The fourth-order valence-corrected chi connectivity index (χ4v) is 4.69. The van der Waals surface area contributed by atoms with Crippen molar-refractivity contribution in [3.63, 3.8) is 0 Å². The monoisotopic (exact) mass is 511 g/mol. The molecule has 2 amide bonds. The summed E-state index contributed by atoms with van der Waals surface area (Å²) < 4.78 is 34.8. The maximum absolute atomic E-state index is 13.0. The minimum absolute atomic E-state index is 0.0736. The Morgan fingerprint density at radius 3 is 2.72 bits per heavy atom. The van der Waals surface area contributed by atoms with Crippen LogP contribution in [0, 0.1) is 0 Å². The molecule has 0 spiro atoms. The summed E-state index contributed by atoms with van der Waals surface area (Å²) >= 11 is 0. The number of hydrogen-bond acceptors (Lipinski definition) is 8. The molecular weight excluding hydrogens is 486 g/mol. The third-order valence-electron chi connectivity index (χ3n) is 5.30. The van der Waals surface area contributed by atoms with Crippen molar-refractivity contribution in [3.05, 3.63) is 71.4 Å². The van der Waals surface area contributed by atoms with Crippen LogP contribution in [0.3, 0.4) is 0 Å². The lowest BCUT2D eigenvalue weighted by molar-refractivity contribution is 0.0879. The summed E-state index contributed by atoms with van der Waals surface area (Å²) in [6.45, 7) is 3.65. The summed E-state index contributed by atoms with van der Waals surface area (Å²) in [4.78, 5) is 33.0. The molecule has 4 N–H and O–H groups in total. The van der Waals surface area contributed by atoms with Gasteiger partial charge in [0.15, 0.2) is 0 Å². The van der Waals surface area contributed by atoms with Gasteiger partial charge in [-0.05, 0) is 37.6 Å². The Bertz CT molecular complexity index is 1480. The van der Waals surface area contributed by atoms with Crippen molar-refractivity contribution in [2.45, 2.75) is 25.1 Å². The number of ether oxygens (including phenoxy) is 1. The summed E-state index contributed by atoms with van der Waals surface area (Å²) in [5, 5.41) is 5.42. The Balaban J connectivity index is 1.46. The van der Waals surface area contributed by atoms with Crippen molar-refractivity contribution in [2.24, 2.45) is 10.1 Å². The van der Waals surface area contributed by atoms with Crippen molar-refractivity contribution < 1.29 is 22.7 Å². The highest BCUT2D eigenvalue weighted by molar-refractivity contribution is 7.89. The van der Waals surface area contributed by atoms with Gasteiger partial charge in [0.1, 0.15) is 36.0 Å². The van der Waals surface area contributed by atoms with Crippen LogP contribution < -0.4 is 21.1 Å². The lowest BCUT2D eigenvalue weighted by Crippen LogP contribution is -2.48. The maximum Gasteiger partial charge on any atom is 0.271 e. The number of fused-ring (bicyclic) bond motifs is 1. The van der Waals surface area contributed by atoms with Gasteiger partial charge < -0.3 is 21.1 Å². The molecule has 2 aromatic heterocycles. The standard InChI is InChI=1S/C23H25N7O5S/c1-23(2,12-35-17-6-4-5-15-11-36(33,34)29-20(24)19(15)17)28-21(31)14-7-8-26-18(9-14)30-10-16(27-13-30)22(32)25-3/h4-10,13H,11-12H2,1-3H3,(H2,24,29)(H,25,32)(H,28,31). The number of imidazole rings is 1. The van der Waals surface area contributed by atoms with Crippen LogP contribution in [0.2, 0.25) is 0 Å². The van der Waals surface area contributed by atoms with Gasteiger partial charge in [-0.15, -0.1) is 4.40 Å². The predicted molar refractivity (Wildman–Crippen MR) is 132 cm³/mol. The van der Waals surface area contributed by atoms with Gasteiger partial charge in [-0.1, -0.05) is 12.1 Å². The first-order chi connectivity index (χ1) is 17.0. The van der Waals surface area contributed by atoms with Gasteiger partial charge in [-0.2, -0.15) is 0 Å². The quantitative estimate of drug-likeness (QED) is 0.417. The average Bonchev–Trinajstić information content (AvgIpc) is 3.31. The van der Waals surface area contributed by atoms with Crippen LogP contribution in [-0.2, 0) is 15.8 Å². The van der Waals surface area contributed by atoms with Gasteiger partial charge in [-0.3, -0.25) is 14.2 Å². The summed E-state index contributed by atoms with van der Waals surface area (Å²) in [6, 6.07) is 8.15. The topological polar surface area (TPSA) is 171 Å². The molecule has 4 rings (SSSR count). The van der Waals surface area contributed by atoms with E-state index in [2.05, 4.69) is 25.0 Å². The molecule has 0 saturated carbocycles. The van der Waals surface area contributed by atoms with Crippen LogP contribution in [0.5, 0.6) is 5.75 Å². The van der Waals surface area contributed by atoms with E-state index in [1.165, 1.54) is 25.8 Å². The molecule has 0 unspecified atom stereocenters. The summed E-state index contributed by atoms with van der Waals surface area (Å²) in [6.07, 6.45) is 4.44. The normalized spacial score (nSPS) is 14.4. The highest BCUT2D eigenvalue weighted by atomic mass is 32.2. The van der Waals surface area contributed by atoms with Crippen LogP contribution in [0.25, 0.3) is 5.82 Å². The van der Waals surface area contributed by atoms with Crippen molar-refractivity contribution in [1.29, 1.82) is 0 Å². The molecule has 0 atom stereocenters. The fourth-order valence-electron chi connectivity index (χ4n) is 3.60. The summed E-state index contributed by atoms with van der Waals surface area (Å²) in [7, 11) is -2.15. The van der Waals surface area contributed by atoms with Crippen LogP contribution in [0.15, 0.2) is 53.5 Å². The van der Waals surface area contributed by atoms with Crippen LogP contribution in [-0.4, -0.2) is 59.8 Å². The summed E-state index contributed by atoms with van der Waals surface area (Å²) in [5.41, 5.74) is 6.60. The van der Waals surface area contributed by atoms with E-state index in [1.54, 1.807) is 48.7 Å². The number of carbonyl (C=O) groups excluding carboxylic acids is 2. The fraction of sp³-hybridized carbons (Fsp3) is 0.261. The molecule has 3 aromatic rings. The number of amides is 2. The van der Waals surface area contributed by atoms with Crippen LogP contribution in [0.1, 0.15) is 45.8 Å². The van der Waals surface area contributed by atoms with Gasteiger partial charge in [0.25, 0.3) is 21.8 Å². The van der Waals surface area contributed by atoms with Crippen molar-refractivity contribution in [2.75, 3.05) is 13.7 Å². The van der Waals surface area contributed by atoms with Gasteiger partial charge in [-0.25, -0.2) is 18.4 Å². The SMILES string of the molecule is CNC(=O)c1cn(-c2cc(C(=O)NC(C)(C)COc3cccc4c3C(N)=NS(=O)(=O)C4)ccn2)cn1. The molecule has 12 nitrogen and oxygen atoms in total. The van der Waals surface area contributed by atoms with Crippen LogP contribution in [0.4, 0.5) is 0 Å². The number of nitrogens with one attached hydrogen (secondary N) is 2. The van der Waals surface area contributed by atoms with E-state index in [0.717, 1.165) is 0 Å². The molecule has 0 radical (unpaired) electrons. The molecule has 1 aliphatic heterocycles. The molecule has 36 heavy (non-hydrogen) atoms. The highest BCUT2D eigenvalue weighted by Crippen LogP contribution is 2.28. The third kappa shape index (κ3) is 5.35. The second-order valence-electron chi connectivity index (χ2n) is 8.77. The second kappa shape index (κ2) is 9.41. The number of pyridine rings is 1. The lowest BCUT2D eigenvalue weighted by Gasteiger charge is -2.27. The molecule has 188 valence electrons. The number of amidine groups is 1. The first-order valence-electron chi connectivity index (χ1n) is 10.9. The van der Waals surface area contributed by atoms with E-state index in [-0.39, 0.29) is 35.7 Å². The predicted octanol–water partition coefficient (Wildman–Crippen LogP) is 0.763. The van der Waals surface area contributed by atoms with E-state index in [9.17, 15) is 18.0 Å². The molecule has 0 aliphatic carbocycles. The zero-order chi connectivity index (χ0) is 26.1. The van der Waals surface area contributed by atoms with Crippen molar-refractivity contribution >= 4 is 27.7 Å². The van der Waals surface area contributed by atoms with E-state index in [4.69, 9.17) is 10.5 Å². The maximum atomic E-state index is 13.0. The van der Waals surface area contributed by atoms with E-state index in [0.29, 0.717) is 28.3 Å². The largest absolute Gasteiger partial charge is 0.490 e. The van der Waals surface area contributed by atoms with Crippen molar-refractivity contribution in [1.82, 2.24) is 25.2 Å². The first-order valence-corrected chi connectivity index (χ1v) is 12.5. The number of nitrogens with two attached hydrogens (primary N) is 1. The molecule has 1 aromatic carbocycles. The van der Waals surface area contributed by atoms with Gasteiger partial charge >= 0.3 is 0 Å². The zero-order valence-electron chi connectivity index (χ0n) is 19.8. The number of benzene rings is 1. The van der Waals surface area contributed by atoms with E-state index < -0.39 is 15.6 Å². The molecule has 0 bridgehead atoms. The minimum Gasteiger partial charge on any atom is -0.490 e. The number of nitrogens with zero attached hydrogens (tertiary/aromatic N) is 4. The average molecular weight is 512 g/mol. The van der Waals surface area contributed by atoms with Crippen molar-refractivity contribution in [3.8, 4) is 11.6 Å². The molecular formula is C23H25N7O5S. The lowest BCUT2D eigenvalue weighted by atomic mass is 10.0. The van der Waals surface area contributed by atoms with E-state index in [1.807, 2.05) is 0 Å². The molecule has 13 heteroatoms. The number of carbonyl (C=O) groups is 2. The molecule has 0 fully saturated rings. The Morgan fingerprint density at radius 1 is 1.19 bits per heavy atom. The first kappa shape index (κ1) is 24.9. The molecule has 0 saturated heterocycles. The Labute approximate surface area is 207 Å². The Kier molecular flexibility index (Phi) is 6.50. The van der Waals surface area contributed by atoms with E-state index >= 15 is 0 Å². The number of rotatable bonds is 7. The number of aromatic nitrogens is 3.